The topological polar surface area (TPSA) is 41.6 Å². The first kappa shape index (κ1) is 13.4. The van der Waals surface area contributed by atoms with Gasteiger partial charge in [-0.1, -0.05) is 12.0 Å². The molecule has 0 saturated heterocycles. The molecule has 100 valence electrons. The van der Waals surface area contributed by atoms with Gasteiger partial charge in [0.1, 0.15) is 5.75 Å². The van der Waals surface area contributed by atoms with E-state index in [0.29, 0.717) is 12.3 Å². The highest BCUT2D eigenvalue weighted by Gasteiger charge is 2.22. The molecule has 1 aliphatic carbocycles. The molecule has 19 heavy (non-hydrogen) atoms. The zero-order valence-electron chi connectivity index (χ0n) is 11.3. The van der Waals surface area contributed by atoms with Gasteiger partial charge in [-0.25, -0.2) is 4.79 Å². The van der Waals surface area contributed by atoms with Crippen LogP contribution in [0.1, 0.15) is 23.6 Å². The lowest BCUT2D eigenvalue weighted by Crippen LogP contribution is -2.25. The molecule has 4 nitrogen and oxygen atoms in total. The zero-order chi connectivity index (χ0) is 13.8. The molecule has 0 fully saturated rings. The van der Waals surface area contributed by atoms with Crippen molar-refractivity contribution in [3.05, 3.63) is 29.3 Å². The number of carbonyl (C=O) groups is 1. The lowest BCUT2D eigenvalue weighted by molar-refractivity contribution is 0.172. The normalized spacial score (nSPS) is 16.6. The average Bonchev–Trinajstić information content (AvgIpc) is 2.78. The molecule has 0 spiro atoms. The van der Waals surface area contributed by atoms with Crippen LogP contribution in [0.3, 0.4) is 0 Å². The van der Waals surface area contributed by atoms with E-state index in [-0.39, 0.29) is 12.1 Å². The Balaban J connectivity index is 2.14. The van der Waals surface area contributed by atoms with E-state index in [0.717, 1.165) is 12.8 Å². The maximum absolute atomic E-state index is 11.5. The third-order valence-electron chi connectivity index (χ3n) is 3.22. The SMILES string of the molecule is C#CCN[C@H]1CCc2ccc(OC(=O)N(C)C)cc21. The highest BCUT2D eigenvalue weighted by molar-refractivity contribution is 5.70. The summed E-state index contributed by atoms with van der Waals surface area (Å²) >= 11 is 0. The Bertz CT molecular complexity index is 517. The van der Waals surface area contributed by atoms with Crippen molar-refractivity contribution in [2.45, 2.75) is 18.9 Å². The summed E-state index contributed by atoms with van der Waals surface area (Å²) in [6.07, 6.45) is 6.96. The summed E-state index contributed by atoms with van der Waals surface area (Å²) in [5.74, 6) is 3.16. The number of hydrogen-bond donors (Lipinski definition) is 1. The highest BCUT2D eigenvalue weighted by atomic mass is 16.6. The van der Waals surface area contributed by atoms with Crippen LogP contribution in [0.5, 0.6) is 5.75 Å². The highest BCUT2D eigenvalue weighted by Crippen LogP contribution is 2.33. The van der Waals surface area contributed by atoms with Crippen LogP contribution in [0.25, 0.3) is 0 Å². The minimum atomic E-state index is -0.369. The fourth-order valence-corrected chi connectivity index (χ4v) is 2.23. The summed E-state index contributed by atoms with van der Waals surface area (Å²) < 4.78 is 5.27. The number of rotatable bonds is 3. The summed E-state index contributed by atoms with van der Waals surface area (Å²) in [7, 11) is 3.32. The second-order valence-corrected chi connectivity index (χ2v) is 4.80. The van der Waals surface area contributed by atoms with Gasteiger partial charge in [-0.3, -0.25) is 5.32 Å². The van der Waals surface area contributed by atoms with E-state index >= 15 is 0 Å². The predicted molar refractivity (Wildman–Crippen MR) is 74.1 cm³/mol. The van der Waals surface area contributed by atoms with Crippen molar-refractivity contribution < 1.29 is 9.53 Å². The van der Waals surface area contributed by atoms with Crippen molar-refractivity contribution in [2.24, 2.45) is 0 Å². The average molecular weight is 258 g/mol. The number of benzene rings is 1. The molecule has 1 aliphatic rings. The summed E-state index contributed by atoms with van der Waals surface area (Å²) in [4.78, 5) is 12.9. The smallest absolute Gasteiger partial charge is 0.410 e. The van der Waals surface area contributed by atoms with Crippen molar-refractivity contribution in [1.29, 1.82) is 0 Å². The summed E-state index contributed by atoms with van der Waals surface area (Å²) in [5, 5.41) is 3.30. The molecule has 0 unspecified atom stereocenters. The number of ether oxygens (including phenoxy) is 1. The van der Waals surface area contributed by atoms with E-state index in [1.165, 1.54) is 16.0 Å². The Kier molecular flexibility index (Phi) is 4.08. The largest absolute Gasteiger partial charge is 0.414 e. The molecular formula is C15H18N2O2. The Morgan fingerprint density at radius 3 is 3.05 bits per heavy atom. The standard InChI is InChI=1S/C15H18N2O2/c1-4-9-16-14-8-6-11-5-7-12(10-13(11)14)19-15(18)17(2)3/h1,5,7,10,14,16H,6,8-9H2,2-3H3/t14-/m0/s1. The summed E-state index contributed by atoms with van der Waals surface area (Å²) in [6.45, 7) is 0.547. The fraction of sp³-hybridized carbons (Fsp3) is 0.400. The molecule has 0 bridgehead atoms. The van der Waals surface area contributed by atoms with E-state index < -0.39 is 0 Å². The molecule has 1 aromatic rings. The van der Waals surface area contributed by atoms with Crippen molar-refractivity contribution in [2.75, 3.05) is 20.6 Å². The van der Waals surface area contributed by atoms with Crippen LogP contribution in [-0.4, -0.2) is 31.6 Å². The molecule has 1 aromatic carbocycles. The molecule has 2 rings (SSSR count). The predicted octanol–water partition coefficient (Wildman–Crippen LogP) is 1.96. The number of aryl methyl sites for hydroxylation is 1. The number of nitrogens with one attached hydrogen (secondary N) is 1. The van der Waals surface area contributed by atoms with E-state index in [1.54, 1.807) is 14.1 Å². The lowest BCUT2D eigenvalue weighted by atomic mass is 10.1. The van der Waals surface area contributed by atoms with Crippen LogP contribution in [0, 0.1) is 12.3 Å². The third-order valence-corrected chi connectivity index (χ3v) is 3.22. The number of fused-ring (bicyclic) bond motifs is 1. The van der Waals surface area contributed by atoms with Gasteiger partial charge in [0, 0.05) is 20.1 Å². The van der Waals surface area contributed by atoms with Crippen molar-refractivity contribution in [3.63, 3.8) is 0 Å². The lowest BCUT2D eigenvalue weighted by Gasteiger charge is -2.14. The second-order valence-electron chi connectivity index (χ2n) is 4.80. The van der Waals surface area contributed by atoms with Crippen molar-refractivity contribution in [1.82, 2.24) is 10.2 Å². The minimum Gasteiger partial charge on any atom is -0.410 e. The van der Waals surface area contributed by atoms with Gasteiger partial charge in [-0.15, -0.1) is 6.42 Å². The Morgan fingerprint density at radius 2 is 2.37 bits per heavy atom. The number of terminal acetylenes is 1. The number of hydrogen-bond acceptors (Lipinski definition) is 3. The minimum absolute atomic E-state index is 0.254. The van der Waals surface area contributed by atoms with E-state index in [1.807, 2.05) is 18.2 Å². The number of nitrogens with zero attached hydrogens (tertiary/aromatic N) is 1. The Labute approximate surface area is 113 Å². The molecule has 0 aromatic heterocycles. The molecule has 0 saturated carbocycles. The number of amides is 1. The van der Waals surface area contributed by atoms with Gasteiger partial charge >= 0.3 is 6.09 Å². The molecule has 0 aliphatic heterocycles. The molecule has 4 heteroatoms. The molecule has 0 heterocycles. The second kappa shape index (κ2) is 5.77. The van der Waals surface area contributed by atoms with Gasteiger partial charge in [0.05, 0.1) is 6.54 Å². The van der Waals surface area contributed by atoms with Crippen LogP contribution in [0.15, 0.2) is 18.2 Å². The third kappa shape index (κ3) is 3.07. The fourth-order valence-electron chi connectivity index (χ4n) is 2.23. The van der Waals surface area contributed by atoms with Gasteiger partial charge in [0.15, 0.2) is 0 Å². The van der Waals surface area contributed by atoms with Crippen LogP contribution in [0.2, 0.25) is 0 Å². The first-order chi connectivity index (χ1) is 9.11. The van der Waals surface area contributed by atoms with Gasteiger partial charge in [-0.05, 0) is 36.1 Å². The van der Waals surface area contributed by atoms with E-state index in [2.05, 4.69) is 11.2 Å². The Morgan fingerprint density at radius 1 is 1.58 bits per heavy atom. The van der Waals surface area contributed by atoms with Gasteiger partial charge in [0.2, 0.25) is 0 Å². The van der Waals surface area contributed by atoms with Crippen molar-refractivity contribution >= 4 is 6.09 Å². The molecule has 1 atom stereocenters. The first-order valence-electron chi connectivity index (χ1n) is 6.30. The van der Waals surface area contributed by atoms with Crippen LogP contribution in [0.4, 0.5) is 4.79 Å². The van der Waals surface area contributed by atoms with E-state index in [9.17, 15) is 4.79 Å². The molecule has 1 amide bonds. The van der Waals surface area contributed by atoms with Crippen LogP contribution < -0.4 is 10.1 Å². The van der Waals surface area contributed by atoms with Crippen molar-refractivity contribution in [3.8, 4) is 18.1 Å². The molecule has 0 radical (unpaired) electrons. The monoisotopic (exact) mass is 258 g/mol. The summed E-state index contributed by atoms with van der Waals surface area (Å²) in [6, 6.07) is 6.04. The van der Waals surface area contributed by atoms with Gasteiger partial charge in [-0.2, -0.15) is 0 Å². The van der Waals surface area contributed by atoms with Crippen LogP contribution in [-0.2, 0) is 6.42 Å². The van der Waals surface area contributed by atoms with Gasteiger partial charge < -0.3 is 9.64 Å². The van der Waals surface area contributed by atoms with Crippen LogP contribution >= 0.6 is 0 Å². The van der Waals surface area contributed by atoms with Gasteiger partial charge in [0.25, 0.3) is 0 Å². The maximum atomic E-state index is 11.5. The molecular weight excluding hydrogens is 240 g/mol. The number of carbonyl (C=O) groups excluding carboxylic acids is 1. The Hall–Kier alpha value is -1.99. The quantitative estimate of drug-likeness (QED) is 0.843. The maximum Gasteiger partial charge on any atom is 0.414 e. The molecule has 1 N–H and O–H groups in total. The first-order valence-corrected chi connectivity index (χ1v) is 6.30. The van der Waals surface area contributed by atoms with E-state index in [4.69, 9.17) is 11.2 Å². The summed E-state index contributed by atoms with van der Waals surface area (Å²) in [5.41, 5.74) is 2.47. The zero-order valence-corrected chi connectivity index (χ0v) is 11.3.